The van der Waals surface area contributed by atoms with Crippen molar-refractivity contribution in [3.8, 4) is 11.5 Å². The number of hydrogen-bond acceptors (Lipinski definition) is 5. The van der Waals surface area contributed by atoms with E-state index in [-0.39, 0.29) is 6.61 Å². The summed E-state index contributed by atoms with van der Waals surface area (Å²) in [6.45, 7) is 4.90. The minimum absolute atomic E-state index is 0.180. The van der Waals surface area contributed by atoms with E-state index in [1.807, 2.05) is 6.92 Å². The molecule has 5 heteroatoms. The van der Waals surface area contributed by atoms with E-state index < -0.39 is 5.97 Å². The Bertz CT molecular complexity index is 470. The van der Waals surface area contributed by atoms with Gasteiger partial charge in [0.1, 0.15) is 17.8 Å². The van der Waals surface area contributed by atoms with Gasteiger partial charge in [-0.15, -0.1) is 0 Å². The number of hydrogen-bond donors (Lipinski definition) is 0. The van der Waals surface area contributed by atoms with Crippen LogP contribution in [-0.2, 0) is 9.53 Å². The molecule has 122 valence electrons. The number of carbonyl (C=O) groups excluding carboxylic acids is 2. The molecule has 0 saturated heterocycles. The van der Waals surface area contributed by atoms with E-state index in [2.05, 4.69) is 6.92 Å². The molecule has 0 aromatic heterocycles. The molecule has 0 aliphatic heterocycles. The van der Waals surface area contributed by atoms with Gasteiger partial charge in [-0.3, -0.25) is 4.79 Å². The van der Waals surface area contributed by atoms with Crippen LogP contribution in [0.3, 0.4) is 0 Å². The second-order valence-electron chi connectivity index (χ2n) is 4.92. The predicted octanol–water partition coefficient (Wildman–Crippen LogP) is 3.40. The number of benzene rings is 1. The first kappa shape index (κ1) is 18.0. The smallest absolute Gasteiger partial charge is 0.344 e. The third-order valence-corrected chi connectivity index (χ3v) is 2.92. The number of aldehydes is 1. The quantitative estimate of drug-likeness (QED) is 0.356. The summed E-state index contributed by atoms with van der Waals surface area (Å²) >= 11 is 0. The number of rotatable bonds is 11. The van der Waals surface area contributed by atoms with Crippen molar-refractivity contribution in [2.24, 2.45) is 0 Å². The van der Waals surface area contributed by atoms with Gasteiger partial charge in [0.15, 0.2) is 6.61 Å². The molecule has 1 aromatic carbocycles. The maximum atomic E-state index is 11.5. The first-order valence-electron chi connectivity index (χ1n) is 7.71. The van der Waals surface area contributed by atoms with Gasteiger partial charge >= 0.3 is 5.97 Å². The summed E-state index contributed by atoms with van der Waals surface area (Å²) in [4.78, 5) is 22.4. The average molecular weight is 308 g/mol. The van der Waals surface area contributed by atoms with Gasteiger partial charge in [0.25, 0.3) is 0 Å². The molecule has 0 amide bonds. The molecule has 5 nitrogen and oxygen atoms in total. The summed E-state index contributed by atoms with van der Waals surface area (Å²) in [5, 5.41) is 0. The monoisotopic (exact) mass is 308 g/mol. The highest BCUT2D eigenvalue weighted by atomic mass is 16.6. The van der Waals surface area contributed by atoms with Crippen LogP contribution in [0.1, 0.15) is 49.9 Å². The Kier molecular flexibility index (Phi) is 8.72. The third-order valence-electron chi connectivity index (χ3n) is 2.92. The fourth-order valence-electron chi connectivity index (χ4n) is 1.68. The Morgan fingerprint density at radius 2 is 1.64 bits per heavy atom. The summed E-state index contributed by atoms with van der Waals surface area (Å²) in [5.41, 5.74) is 0.448. The van der Waals surface area contributed by atoms with Crippen LogP contribution in [0, 0.1) is 0 Å². The topological polar surface area (TPSA) is 61.8 Å². The average Bonchev–Trinajstić information content (AvgIpc) is 2.53. The minimum Gasteiger partial charge on any atom is -0.493 e. The van der Waals surface area contributed by atoms with Crippen molar-refractivity contribution in [1.82, 2.24) is 0 Å². The third kappa shape index (κ3) is 7.11. The Morgan fingerprint density at radius 3 is 2.27 bits per heavy atom. The lowest BCUT2D eigenvalue weighted by Gasteiger charge is -2.10. The van der Waals surface area contributed by atoms with Gasteiger partial charge in [-0.2, -0.15) is 0 Å². The Hall–Kier alpha value is -2.04. The standard InChI is InChI=1S/C17H24O5/c1-3-5-7-20-15-9-14(12-18)10-16(11-15)22-13-17(19)21-8-6-4-2/h9-12H,3-8,13H2,1-2H3. The molecule has 0 unspecified atom stereocenters. The Labute approximate surface area is 131 Å². The molecule has 1 aromatic rings. The van der Waals surface area contributed by atoms with E-state index >= 15 is 0 Å². The van der Waals surface area contributed by atoms with Crippen LogP contribution in [0.25, 0.3) is 0 Å². The van der Waals surface area contributed by atoms with Crippen LogP contribution >= 0.6 is 0 Å². The molecule has 0 fully saturated rings. The summed E-state index contributed by atoms with van der Waals surface area (Å²) in [6, 6.07) is 4.88. The molecule has 0 N–H and O–H groups in total. The van der Waals surface area contributed by atoms with E-state index in [1.54, 1.807) is 18.2 Å². The molecule has 0 radical (unpaired) electrons. The molecule has 0 heterocycles. The van der Waals surface area contributed by atoms with Crippen molar-refractivity contribution in [1.29, 1.82) is 0 Å². The zero-order chi connectivity index (χ0) is 16.2. The highest BCUT2D eigenvalue weighted by Gasteiger charge is 2.07. The van der Waals surface area contributed by atoms with Crippen LogP contribution in [0.4, 0.5) is 0 Å². The predicted molar refractivity (Wildman–Crippen MR) is 83.6 cm³/mol. The molecule has 22 heavy (non-hydrogen) atoms. The number of esters is 1. The van der Waals surface area contributed by atoms with Gasteiger partial charge in [0.05, 0.1) is 13.2 Å². The summed E-state index contributed by atoms with van der Waals surface area (Å²) in [6.07, 6.45) is 4.49. The van der Waals surface area contributed by atoms with E-state index in [1.165, 1.54) is 0 Å². The fourth-order valence-corrected chi connectivity index (χ4v) is 1.68. The highest BCUT2D eigenvalue weighted by molar-refractivity contribution is 5.77. The summed E-state index contributed by atoms with van der Waals surface area (Å²) < 4.78 is 15.9. The lowest BCUT2D eigenvalue weighted by molar-refractivity contribution is -0.146. The van der Waals surface area contributed by atoms with Crippen LogP contribution in [0.2, 0.25) is 0 Å². The number of carbonyl (C=O) groups is 2. The van der Waals surface area contributed by atoms with Gasteiger partial charge in [-0.1, -0.05) is 26.7 Å². The van der Waals surface area contributed by atoms with Crippen LogP contribution in [-0.4, -0.2) is 32.1 Å². The normalized spacial score (nSPS) is 10.1. The Balaban J connectivity index is 2.55. The van der Waals surface area contributed by atoms with Crippen molar-refractivity contribution < 1.29 is 23.8 Å². The molecule has 0 atom stereocenters. The zero-order valence-electron chi connectivity index (χ0n) is 13.3. The van der Waals surface area contributed by atoms with Crippen molar-refractivity contribution in [2.45, 2.75) is 39.5 Å². The maximum Gasteiger partial charge on any atom is 0.344 e. The van der Waals surface area contributed by atoms with Crippen LogP contribution in [0.15, 0.2) is 18.2 Å². The summed E-state index contributed by atoms with van der Waals surface area (Å²) in [7, 11) is 0. The van der Waals surface area contributed by atoms with Gasteiger partial charge in [0.2, 0.25) is 0 Å². The Morgan fingerprint density at radius 1 is 1.00 bits per heavy atom. The SMILES string of the molecule is CCCCOC(=O)COc1cc(C=O)cc(OCCCC)c1. The summed E-state index contributed by atoms with van der Waals surface area (Å²) in [5.74, 6) is 0.564. The molecule has 0 aliphatic rings. The first-order valence-corrected chi connectivity index (χ1v) is 7.71. The lowest BCUT2D eigenvalue weighted by atomic mass is 10.2. The zero-order valence-corrected chi connectivity index (χ0v) is 13.3. The molecule has 1 rings (SSSR count). The second-order valence-corrected chi connectivity index (χ2v) is 4.92. The highest BCUT2D eigenvalue weighted by Crippen LogP contribution is 2.22. The van der Waals surface area contributed by atoms with Crippen LogP contribution in [0.5, 0.6) is 11.5 Å². The van der Waals surface area contributed by atoms with Crippen molar-refractivity contribution in [3.05, 3.63) is 23.8 Å². The minimum atomic E-state index is -0.418. The maximum absolute atomic E-state index is 11.5. The molecule has 0 saturated carbocycles. The molecule has 0 aliphatic carbocycles. The van der Waals surface area contributed by atoms with E-state index in [0.717, 1.165) is 32.0 Å². The van der Waals surface area contributed by atoms with Gasteiger partial charge in [0, 0.05) is 11.6 Å². The van der Waals surface area contributed by atoms with Crippen molar-refractivity contribution in [2.75, 3.05) is 19.8 Å². The van der Waals surface area contributed by atoms with E-state index in [4.69, 9.17) is 14.2 Å². The number of unbranched alkanes of at least 4 members (excludes halogenated alkanes) is 2. The van der Waals surface area contributed by atoms with Gasteiger partial charge < -0.3 is 14.2 Å². The van der Waals surface area contributed by atoms with Crippen molar-refractivity contribution in [3.63, 3.8) is 0 Å². The molecule has 0 spiro atoms. The first-order chi connectivity index (χ1) is 10.7. The largest absolute Gasteiger partial charge is 0.493 e. The molecular weight excluding hydrogens is 284 g/mol. The second kappa shape index (κ2) is 10.7. The lowest BCUT2D eigenvalue weighted by Crippen LogP contribution is -2.15. The fraction of sp³-hybridized carbons (Fsp3) is 0.529. The van der Waals surface area contributed by atoms with Gasteiger partial charge in [-0.05, 0) is 25.0 Å². The van der Waals surface area contributed by atoms with Crippen LogP contribution < -0.4 is 9.47 Å². The van der Waals surface area contributed by atoms with E-state index in [9.17, 15) is 9.59 Å². The molecule has 0 bridgehead atoms. The number of ether oxygens (including phenoxy) is 3. The molecular formula is C17H24O5. The van der Waals surface area contributed by atoms with E-state index in [0.29, 0.717) is 30.3 Å². The van der Waals surface area contributed by atoms with Gasteiger partial charge in [-0.25, -0.2) is 4.79 Å². The van der Waals surface area contributed by atoms with Crippen molar-refractivity contribution >= 4 is 12.3 Å².